The quantitative estimate of drug-likeness (QED) is 0.145. The standard InChI is InChI=1S/C30H32N4OS2/c1-22-12-7-10-17-27(22)37-29(31-2)20-23-21-30(33(3)19-11-18-28(35)32-36)34(24-13-5-4-6-14-24)26-16-9-8-15-25(23)26/h4-10,12-17,20-21,36H,11,18-19H2,1-3H3,(H,32,35)/b23-20+,31-29?. The monoisotopic (exact) mass is 528 g/mol. The van der Waals surface area contributed by atoms with E-state index in [1.54, 1.807) is 11.8 Å². The Bertz CT molecular complexity index is 1330. The van der Waals surface area contributed by atoms with Crippen molar-refractivity contribution in [3.8, 4) is 0 Å². The lowest BCUT2D eigenvalue weighted by Crippen LogP contribution is -2.33. The third-order valence-electron chi connectivity index (χ3n) is 6.20. The molecule has 1 N–H and O–H groups in total. The average molecular weight is 529 g/mol. The van der Waals surface area contributed by atoms with Crippen molar-refractivity contribution in [1.82, 2.24) is 9.62 Å². The number of rotatable bonds is 8. The molecular weight excluding hydrogens is 496 g/mol. The first-order chi connectivity index (χ1) is 18.0. The van der Waals surface area contributed by atoms with Crippen LogP contribution in [0.25, 0.3) is 5.57 Å². The van der Waals surface area contributed by atoms with Gasteiger partial charge in [0.2, 0.25) is 5.91 Å². The Morgan fingerprint density at radius 2 is 1.76 bits per heavy atom. The van der Waals surface area contributed by atoms with Gasteiger partial charge in [0.15, 0.2) is 0 Å². The zero-order chi connectivity index (χ0) is 26.2. The number of nitrogens with zero attached hydrogens (tertiary/aromatic N) is 3. The van der Waals surface area contributed by atoms with E-state index < -0.39 is 0 Å². The summed E-state index contributed by atoms with van der Waals surface area (Å²) < 4.78 is 2.41. The summed E-state index contributed by atoms with van der Waals surface area (Å²) in [7, 11) is 3.91. The van der Waals surface area contributed by atoms with Crippen molar-refractivity contribution in [3.63, 3.8) is 0 Å². The molecule has 37 heavy (non-hydrogen) atoms. The van der Waals surface area contributed by atoms with Crippen LogP contribution in [-0.4, -0.2) is 36.5 Å². The number of fused-ring (bicyclic) bond motifs is 1. The molecule has 0 atom stereocenters. The molecule has 0 radical (unpaired) electrons. The molecule has 190 valence electrons. The number of carbonyl (C=O) groups excluding carboxylic acids is 1. The van der Waals surface area contributed by atoms with E-state index in [0.717, 1.165) is 39.9 Å². The topological polar surface area (TPSA) is 47.9 Å². The zero-order valence-electron chi connectivity index (χ0n) is 21.4. The number of hydrogen-bond donors (Lipinski definition) is 2. The number of allylic oxidation sites excluding steroid dienone is 2. The zero-order valence-corrected chi connectivity index (χ0v) is 23.1. The van der Waals surface area contributed by atoms with Crippen molar-refractivity contribution in [2.45, 2.75) is 24.7 Å². The lowest BCUT2D eigenvalue weighted by atomic mass is 9.97. The number of anilines is 2. The van der Waals surface area contributed by atoms with Gasteiger partial charge in [-0.1, -0.05) is 79.2 Å². The minimum absolute atomic E-state index is 0.0720. The van der Waals surface area contributed by atoms with Crippen molar-refractivity contribution >= 4 is 52.5 Å². The van der Waals surface area contributed by atoms with Crippen LogP contribution in [0.4, 0.5) is 11.4 Å². The number of thiol groups is 1. The average Bonchev–Trinajstić information content (AvgIpc) is 2.93. The van der Waals surface area contributed by atoms with E-state index in [2.05, 4.69) is 131 Å². The fraction of sp³-hybridized carbons (Fsp3) is 0.200. The second-order valence-corrected chi connectivity index (χ2v) is 10.1. The third kappa shape index (κ3) is 6.48. The first-order valence-corrected chi connectivity index (χ1v) is 13.5. The number of aryl methyl sites for hydroxylation is 1. The second-order valence-electron chi connectivity index (χ2n) is 8.78. The summed E-state index contributed by atoms with van der Waals surface area (Å²) in [6.45, 7) is 2.84. The maximum atomic E-state index is 11.7. The summed E-state index contributed by atoms with van der Waals surface area (Å²) >= 11 is 5.55. The van der Waals surface area contributed by atoms with E-state index in [-0.39, 0.29) is 5.91 Å². The molecule has 1 aliphatic rings. The lowest BCUT2D eigenvalue weighted by Gasteiger charge is -2.38. The Labute approximate surface area is 229 Å². The van der Waals surface area contributed by atoms with Crippen LogP contribution in [-0.2, 0) is 4.79 Å². The highest BCUT2D eigenvalue weighted by molar-refractivity contribution is 8.14. The van der Waals surface area contributed by atoms with E-state index in [1.807, 2.05) is 13.1 Å². The molecule has 0 fully saturated rings. The van der Waals surface area contributed by atoms with Gasteiger partial charge in [-0.25, -0.2) is 0 Å². The van der Waals surface area contributed by atoms with Crippen LogP contribution in [0, 0.1) is 6.92 Å². The third-order valence-corrected chi connectivity index (χ3v) is 7.64. The molecule has 0 aliphatic carbocycles. The largest absolute Gasteiger partial charge is 0.361 e. The number of hydrogen-bond acceptors (Lipinski definition) is 6. The smallest absolute Gasteiger partial charge is 0.229 e. The van der Waals surface area contributed by atoms with Gasteiger partial charge in [-0.2, -0.15) is 0 Å². The minimum Gasteiger partial charge on any atom is -0.361 e. The number of carbonyl (C=O) groups is 1. The molecule has 1 heterocycles. The maximum Gasteiger partial charge on any atom is 0.229 e. The van der Waals surface area contributed by atoms with Crippen LogP contribution in [0.3, 0.4) is 0 Å². The summed E-state index contributed by atoms with van der Waals surface area (Å²) in [5.41, 5.74) is 5.66. The van der Waals surface area contributed by atoms with Crippen LogP contribution in [0.15, 0.2) is 107 Å². The molecule has 0 spiro atoms. The molecule has 0 saturated carbocycles. The van der Waals surface area contributed by atoms with Gasteiger partial charge < -0.3 is 9.62 Å². The Morgan fingerprint density at radius 3 is 2.49 bits per heavy atom. The second kappa shape index (κ2) is 12.7. The Kier molecular flexibility index (Phi) is 9.14. The van der Waals surface area contributed by atoms with E-state index in [0.29, 0.717) is 12.8 Å². The number of amides is 1. The van der Waals surface area contributed by atoms with Gasteiger partial charge in [-0.3, -0.25) is 14.7 Å². The SMILES string of the molecule is CN=C(/C=C1\C=C(N(C)CCCC(=O)NS)N(c2ccccc2)c2ccccc21)Sc1ccccc1C. The van der Waals surface area contributed by atoms with E-state index >= 15 is 0 Å². The summed E-state index contributed by atoms with van der Waals surface area (Å²) in [6.07, 6.45) is 5.53. The molecule has 3 aromatic carbocycles. The van der Waals surface area contributed by atoms with Crippen molar-refractivity contribution in [2.24, 2.45) is 4.99 Å². The number of benzene rings is 3. The first kappa shape index (κ1) is 26.6. The maximum absolute atomic E-state index is 11.7. The molecule has 7 heteroatoms. The summed E-state index contributed by atoms with van der Waals surface area (Å²) in [5, 5.41) is 0.941. The van der Waals surface area contributed by atoms with Gasteiger partial charge in [0.1, 0.15) is 5.82 Å². The number of para-hydroxylation sites is 2. The molecule has 0 bridgehead atoms. The van der Waals surface area contributed by atoms with E-state index in [1.165, 1.54) is 10.5 Å². The van der Waals surface area contributed by atoms with Crippen LogP contribution < -0.4 is 9.62 Å². The fourth-order valence-corrected chi connectivity index (χ4v) is 5.26. The molecule has 3 aromatic rings. The summed E-state index contributed by atoms with van der Waals surface area (Å²) in [4.78, 5) is 22.0. The molecule has 1 amide bonds. The highest BCUT2D eigenvalue weighted by Gasteiger charge is 2.26. The molecule has 1 aliphatic heterocycles. The van der Waals surface area contributed by atoms with Gasteiger partial charge in [0, 0.05) is 43.2 Å². The molecule has 0 unspecified atom stereocenters. The molecule has 5 nitrogen and oxygen atoms in total. The molecule has 0 saturated heterocycles. The number of nitrogens with one attached hydrogen (secondary N) is 1. The van der Waals surface area contributed by atoms with Crippen molar-refractivity contribution in [3.05, 3.63) is 108 Å². The Hall–Kier alpha value is -3.42. The van der Waals surface area contributed by atoms with Gasteiger partial charge in [0.25, 0.3) is 0 Å². The highest BCUT2D eigenvalue weighted by atomic mass is 32.2. The fourth-order valence-electron chi connectivity index (χ4n) is 4.27. The Morgan fingerprint density at radius 1 is 1.05 bits per heavy atom. The lowest BCUT2D eigenvalue weighted by molar-refractivity contribution is -0.119. The summed E-state index contributed by atoms with van der Waals surface area (Å²) in [6, 6.07) is 27.2. The summed E-state index contributed by atoms with van der Waals surface area (Å²) in [5.74, 6) is 0.969. The Balaban J connectivity index is 1.76. The van der Waals surface area contributed by atoms with Crippen LogP contribution in [0.5, 0.6) is 0 Å². The van der Waals surface area contributed by atoms with Crippen molar-refractivity contribution in [1.29, 1.82) is 0 Å². The molecular formula is C30H32N4OS2. The number of aliphatic imine (C=N–C) groups is 1. The van der Waals surface area contributed by atoms with Gasteiger partial charge in [-0.05, 0) is 60.9 Å². The van der Waals surface area contributed by atoms with E-state index in [4.69, 9.17) is 0 Å². The predicted octanol–water partition coefficient (Wildman–Crippen LogP) is 6.87. The van der Waals surface area contributed by atoms with Gasteiger partial charge in [-0.15, -0.1) is 0 Å². The molecule has 4 rings (SSSR count). The molecule has 0 aromatic heterocycles. The van der Waals surface area contributed by atoms with Gasteiger partial charge >= 0.3 is 0 Å². The van der Waals surface area contributed by atoms with Crippen molar-refractivity contribution in [2.75, 3.05) is 25.5 Å². The normalized spacial score (nSPS) is 14.3. The predicted molar refractivity (Wildman–Crippen MR) is 160 cm³/mol. The number of thioether (sulfide) groups is 1. The van der Waals surface area contributed by atoms with Crippen molar-refractivity contribution < 1.29 is 4.79 Å². The minimum atomic E-state index is -0.0720. The highest BCUT2D eigenvalue weighted by Crippen LogP contribution is 2.42. The van der Waals surface area contributed by atoms with Crippen LogP contribution in [0.1, 0.15) is 24.0 Å². The van der Waals surface area contributed by atoms with Crippen LogP contribution >= 0.6 is 24.6 Å². The van der Waals surface area contributed by atoms with Gasteiger partial charge in [0.05, 0.1) is 10.7 Å². The first-order valence-electron chi connectivity index (χ1n) is 12.2. The van der Waals surface area contributed by atoms with E-state index in [9.17, 15) is 4.79 Å². The van der Waals surface area contributed by atoms with Crippen LogP contribution in [0.2, 0.25) is 0 Å².